The molecule has 0 unspecified atom stereocenters. The molecule has 3 rings (SSSR count). The Labute approximate surface area is 241 Å². The minimum atomic E-state index is -1.07. The van der Waals surface area contributed by atoms with Crippen molar-refractivity contribution in [3.63, 3.8) is 0 Å². The van der Waals surface area contributed by atoms with Gasteiger partial charge in [-0.3, -0.25) is 28.8 Å². The summed E-state index contributed by atoms with van der Waals surface area (Å²) in [6.07, 6.45) is 5.15. The third-order valence-corrected chi connectivity index (χ3v) is 5.78. The monoisotopic (exact) mass is 568 g/mol. The molecule has 2 amide bonds. The normalized spacial score (nSPS) is 10.9. The van der Waals surface area contributed by atoms with Crippen molar-refractivity contribution in [3.8, 4) is 0 Å². The fourth-order valence-electron chi connectivity index (χ4n) is 3.64. The summed E-state index contributed by atoms with van der Waals surface area (Å²) >= 11 is 0. The molecular weight excluding hydrogens is 540 g/mol. The minimum Gasteiger partial charge on any atom is -0.481 e. The van der Waals surface area contributed by atoms with Crippen LogP contribution in [0.4, 0.5) is 11.4 Å². The summed E-state index contributed by atoms with van der Waals surface area (Å²) in [6, 6.07) is 19.8. The molecule has 0 saturated carbocycles. The van der Waals surface area contributed by atoms with Gasteiger partial charge in [0.15, 0.2) is 11.6 Å². The van der Waals surface area contributed by atoms with Crippen LogP contribution in [0.3, 0.4) is 0 Å². The molecule has 3 aromatic rings. The standard InChI is InChI=1S/C32H28N2O8/c35-27(23-3-1-5-25(19-23)33-29(37)15-17-31(39)40)13-11-21-7-9-22(10-8-21)12-14-28(36)24-4-2-6-26(20-24)34-30(38)16-18-32(41)42/h1-14,19-20H,15-18H2,(H,33,37)(H,34,38)(H,39,40)(H,41,42)/b13-11+,14-12+. The first-order valence-electron chi connectivity index (χ1n) is 12.9. The van der Waals surface area contributed by atoms with Crippen LogP contribution in [0.2, 0.25) is 0 Å². The number of hydrogen-bond donors (Lipinski definition) is 4. The molecule has 0 aliphatic heterocycles. The van der Waals surface area contributed by atoms with Gasteiger partial charge in [0.2, 0.25) is 11.8 Å². The van der Waals surface area contributed by atoms with Crippen LogP contribution in [0.25, 0.3) is 12.2 Å². The molecule has 214 valence electrons. The van der Waals surface area contributed by atoms with Crippen LogP contribution in [0.1, 0.15) is 57.5 Å². The average molecular weight is 569 g/mol. The molecule has 3 aromatic carbocycles. The van der Waals surface area contributed by atoms with E-state index in [1.165, 1.54) is 24.3 Å². The molecule has 0 bridgehead atoms. The summed E-state index contributed by atoms with van der Waals surface area (Å²) in [4.78, 5) is 70.2. The van der Waals surface area contributed by atoms with E-state index in [1.807, 2.05) is 0 Å². The van der Waals surface area contributed by atoms with Crippen molar-refractivity contribution in [2.75, 3.05) is 10.6 Å². The molecule has 4 N–H and O–H groups in total. The number of carbonyl (C=O) groups is 6. The zero-order chi connectivity index (χ0) is 30.5. The molecule has 0 radical (unpaired) electrons. The van der Waals surface area contributed by atoms with Gasteiger partial charge in [-0.25, -0.2) is 0 Å². The molecule has 0 aliphatic carbocycles. The average Bonchev–Trinajstić information content (AvgIpc) is 2.97. The predicted octanol–water partition coefficient (Wildman–Crippen LogP) is 5.09. The van der Waals surface area contributed by atoms with Crippen molar-refractivity contribution >= 4 is 58.8 Å². The predicted molar refractivity (Wildman–Crippen MR) is 157 cm³/mol. The second kappa shape index (κ2) is 15.2. The summed E-state index contributed by atoms with van der Waals surface area (Å²) in [6.45, 7) is 0. The first kappa shape index (κ1) is 30.9. The molecule has 10 nitrogen and oxygen atoms in total. The number of anilines is 2. The van der Waals surface area contributed by atoms with Crippen LogP contribution in [-0.2, 0) is 19.2 Å². The Hall–Kier alpha value is -5.64. The Morgan fingerprint density at radius 3 is 1.29 bits per heavy atom. The molecule has 0 spiro atoms. The lowest BCUT2D eigenvalue weighted by Crippen LogP contribution is -2.13. The van der Waals surface area contributed by atoms with E-state index < -0.39 is 23.8 Å². The number of carboxylic acid groups (broad SMARTS) is 2. The molecule has 10 heteroatoms. The van der Waals surface area contributed by atoms with Crippen LogP contribution >= 0.6 is 0 Å². The Morgan fingerprint density at radius 2 is 0.929 bits per heavy atom. The maximum atomic E-state index is 12.6. The van der Waals surface area contributed by atoms with Crippen molar-refractivity contribution in [3.05, 3.63) is 107 Å². The van der Waals surface area contributed by atoms with E-state index in [1.54, 1.807) is 72.8 Å². The number of carboxylic acids is 2. The quantitative estimate of drug-likeness (QED) is 0.154. The molecule has 0 atom stereocenters. The van der Waals surface area contributed by atoms with Crippen LogP contribution in [0, 0.1) is 0 Å². The van der Waals surface area contributed by atoms with E-state index in [2.05, 4.69) is 10.6 Å². The fraction of sp³-hybridized carbons (Fsp3) is 0.125. The number of ketones is 2. The van der Waals surface area contributed by atoms with Gasteiger partial charge < -0.3 is 20.8 Å². The van der Waals surface area contributed by atoms with Crippen LogP contribution in [0.5, 0.6) is 0 Å². The Kier molecular flexibility index (Phi) is 11.2. The van der Waals surface area contributed by atoms with Crippen molar-refractivity contribution in [1.82, 2.24) is 0 Å². The van der Waals surface area contributed by atoms with E-state index >= 15 is 0 Å². The Balaban J connectivity index is 1.56. The smallest absolute Gasteiger partial charge is 0.303 e. The molecule has 0 aliphatic rings. The number of aliphatic carboxylic acids is 2. The highest BCUT2D eigenvalue weighted by Gasteiger charge is 2.09. The Morgan fingerprint density at radius 1 is 0.548 bits per heavy atom. The van der Waals surface area contributed by atoms with E-state index in [0.717, 1.165) is 11.1 Å². The summed E-state index contributed by atoms with van der Waals surface area (Å²) < 4.78 is 0. The van der Waals surface area contributed by atoms with Crippen LogP contribution < -0.4 is 10.6 Å². The van der Waals surface area contributed by atoms with E-state index in [9.17, 15) is 28.8 Å². The SMILES string of the molecule is O=C(O)CCC(=O)Nc1cccc(C(=O)/C=C/c2ccc(/C=C/C(=O)c3cccc(NC(=O)CCC(=O)O)c3)cc2)c1. The summed E-state index contributed by atoms with van der Waals surface area (Å²) in [5.41, 5.74) is 2.98. The summed E-state index contributed by atoms with van der Waals surface area (Å²) in [7, 11) is 0. The molecule has 0 heterocycles. The van der Waals surface area contributed by atoms with Gasteiger partial charge in [-0.15, -0.1) is 0 Å². The highest BCUT2D eigenvalue weighted by Crippen LogP contribution is 2.16. The van der Waals surface area contributed by atoms with Crippen molar-refractivity contribution < 1.29 is 39.0 Å². The third-order valence-electron chi connectivity index (χ3n) is 5.78. The highest BCUT2D eigenvalue weighted by molar-refractivity contribution is 6.08. The van der Waals surface area contributed by atoms with E-state index in [4.69, 9.17) is 10.2 Å². The number of nitrogens with one attached hydrogen (secondary N) is 2. The van der Waals surface area contributed by atoms with Crippen molar-refractivity contribution in [1.29, 1.82) is 0 Å². The minimum absolute atomic E-state index is 0.169. The number of carbonyl (C=O) groups excluding carboxylic acids is 4. The van der Waals surface area contributed by atoms with E-state index in [0.29, 0.717) is 22.5 Å². The van der Waals surface area contributed by atoms with Gasteiger partial charge in [0.25, 0.3) is 0 Å². The van der Waals surface area contributed by atoms with Gasteiger partial charge >= 0.3 is 11.9 Å². The van der Waals surface area contributed by atoms with Crippen LogP contribution in [-0.4, -0.2) is 45.5 Å². The van der Waals surface area contributed by atoms with Gasteiger partial charge in [0, 0.05) is 35.3 Å². The largest absolute Gasteiger partial charge is 0.481 e. The van der Waals surface area contributed by atoms with Gasteiger partial charge in [-0.05, 0) is 47.5 Å². The van der Waals surface area contributed by atoms with E-state index in [-0.39, 0.29) is 37.2 Å². The first-order chi connectivity index (χ1) is 20.1. The number of benzene rings is 3. The fourth-order valence-corrected chi connectivity index (χ4v) is 3.64. The highest BCUT2D eigenvalue weighted by atomic mass is 16.4. The maximum absolute atomic E-state index is 12.6. The van der Waals surface area contributed by atoms with Gasteiger partial charge in [-0.1, -0.05) is 60.7 Å². The summed E-state index contributed by atoms with van der Waals surface area (Å²) in [5, 5.41) is 22.5. The molecule has 0 fully saturated rings. The van der Waals surface area contributed by atoms with Crippen molar-refractivity contribution in [2.24, 2.45) is 0 Å². The zero-order valence-corrected chi connectivity index (χ0v) is 22.4. The summed E-state index contributed by atoms with van der Waals surface area (Å²) in [5.74, 6) is -3.63. The number of allylic oxidation sites excluding steroid dienone is 2. The topological polar surface area (TPSA) is 167 Å². The lowest BCUT2D eigenvalue weighted by molar-refractivity contribution is -0.138. The zero-order valence-electron chi connectivity index (χ0n) is 22.4. The Bertz CT molecular complexity index is 1440. The molecule has 0 aromatic heterocycles. The third kappa shape index (κ3) is 10.5. The number of hydrogen-bond acceptors (Lipinski definition) is 6. The maximum Gasteiger partial charge on any atom is 0.303 e. The van der Waals surface area contributed by atoms with Gasteiger partial charge in [0.1, 0.15) is 0 Å². The second-order valence-corrected chi connectivity index (χ2v) is 9.11. The number of amides is 2. The van der Waals surface area contributed by atoms with Gasteiger partial charge in [0.05, 0.1) is 12.8 Å². The molecular formula is C32H28N2O8. The van der Waals surface area contributed by atoms with Crippen molar-refractivity contribution in [2.45, 2.75) is 25.7 Å². The second-order valence-electron chi connectivity index (χ2n) is 9.11. The van der Waals surface area contributed by atoms with Gasteiger partial charge in [-0.2, -0.15) is 0 Å². The lowest BCUT2D eigenvalue weighted by Gasteiger charge is -2.05. The van der Waals surface area contributed by atoms with Crippen LogP contribution in [0.15, 0.2) is 84.9 Å². The molecule has 0 saturated heterocycles. The molecule has 42 heavy (non-hydrogen) atoms. The first-order valence-corrected chi connectivity index (χ1v) is 12.9. The lowest BCUT2D eigenvalue weighted by atomic mass is 10.1. The number of rotatable bonds is 14.